The first kappa shape index (κ1) is 44.2. The third kappa shape index (κ3) is 6.00. The van der Waals surface area contributed by atoms with E-state index in [1.54, 1.807) is 7.11 Å². The second kappa shape index (κ2) is 15.8. The number of hydrogen-bond acceptors (Lipinski definition) is 13. The first-order valence-corrected chi connectivity index (χ1v) is 22.4. The predicted octanol–water partition coefficient (Wildman–Crippen LogP) is 4.83. The lowest BCUT2D eigenvalue weighted by atomic mass is 9.47. The molecule has 5 aliphatic heterocycles. The summed E-state index contributed by atoms with van der Waals surface area (Å²) in [5, 5.41) is 14.2. The molecule has 6 aliphatic rings. The van der Waals surface area contributed by atoms with E-state index in [-0.39, 0.29) is 24.8 Å². The van der Waals surface area contributed by atoms with Gasteiger partial charge in [-0.15, -0.1) is 6.42 Å². The summed E-state index contributed by atoms with van der Waals surface area (Å²) in [5.74, 6) is 0.305. The van der Waals surface area contributed by atoms with Crippen LogP contribution in [0.5, 0.6) is 5.75 Å². The quantitative estimate of drug-likeness (QED) is 0.137. The number of aromatic nitrogens is 1. The molecule has 1 aromatic heterocycles. The van der Waals surface area contributed by atoms with Crippen LogP contribution in [0.25, 0.3) is 10.9 Å². The lowest BCUT2D eigenvalue weighted by Gasteiger charge is -2.63. The lowest BCUT2D eigenvalue weighted by Crippen LogP contribution is -2.81. The number of nitrogens with zero attached hydrogens (tertiary/aromatic N) is 3. The molecule has 1 aliphatic carbocycles. The third-order valence-electron chi connectivity index (χ3n) is 15.7. The molecule has 2 bridgehead atoms. The summed E-state index contributed by atoms with van der Waals surface area (Å²) in [4.78, 5) is 67.1. The van der Waals surface area contributed by atoms with Crippen molar-refractivity contribution in [1.29, 1.82) is 0 Å². The molecular formula is C51H58N4O10. The first-order chi connectivity index (χ1) is 31.2. The van der Waals surface area contributed by atoms with E-state index in [2.05, 4.69) is 33.7 Å². The van der Waals surface area contributed by atoms with E-state index in [9.17, 15) is 19.5 Å². The van der Waals surface area contributed by atoms with Crippen molar-refractivity contribution >= 4 is 40.5 Å². The Labute approximate surface area is 379 Å². The summed E-state index contributed by atoms with van der Waals surface area (Å²) in [6.07, 6.45) is 14.9. The van der Waals surface area contributed by atoms with Gasteiger partial charge in [0.15, 0.2) is 6.10 Å². The topological polar surface area (TPSA) is 160 Å². The van der Waals surface area contributed by atoms with Gasteiger partial charge in [0.1, 0.15) is 11.2 Å². The molecule has 1 saturated carbocycles. The number of likely N-dealkylation sites (N-methyl/N-ethyl adjacent to an activating group) is 1. The highest BCUT2D eigenvalue weighted by Crippen LogP contribution is 2.68. The Hall–Kier alpha value is -6.04. The lowest BCUT2D eigenvalue weighted by molar-refractivity contribution is -0.228. The van der Waals surface area contributed by atoms with Gasteiger partial charge in [-0.2, -0.15) is 0 Å². The van der Waals surface area contributed by atoms with Crippen molar-refractivity contribution in [3.8, 4) is 18.1 Å². The van der Waals surface area contributed by atoms with Crippen LogP contribution in [0, 0.1) is 23.7 Å². The maximum atomic E-state index is 15.6. The zero-order valence-corrected chi connectivity index (χ0v) is 38.4. The number of ether oxygens (including phenoxy) is 5. The number of carbonyl (C=O) groups excluding carboxylic acids is 4. The number of rotatable bonds is 8. The molecule has 2 aromatic carbocycles. The molecule has 14 nitrogen and oxygen atoms in total. The summed E-state index contributed by atoms with van der Waals surface area (Å²) >= 11 is 0. The molecule has 9 rings (SSSR count). The fourth-order valence-electron chi connectivity index (χ4n) is 13.4. The molecular weight excluding hydrogens is 829 g/mol. The van der Waals surface area contributed by atoms with Gasteiger partial charge in [-0.05, 0) is 73.5 Å². The molecule has 2 N–H and O–H groups in total. The molecule has 3 aromatic rings. The molecule has 342 valence electrons. The van der Waals surface area contributed by atoms with Crippen molar-refractivity contribution in [2.45, 2.75) is 87.5 Å². The molecule has 6 heterocycles. The van der Waals surface area contributed by atoms with Gasteiger partial charge in [-0.3, -0.25) is 14.5 Å². The number of hydrogen-bond donors (Lipinski definition) is 2. The molecule has 65 heavy (non-hydrogen) atoms. The van der Waals surface area contributed by atoms with E-state index in [0.717, 1.165) is 22.9 Å². The normalized spacial score (nSPS) is 31.8. The average molecular weight is 887 g/mol. The second-order valence-electron chi connectivity index (χ2n) is 18.6. The van der Waals surface area contributed by atoms with Crippen LogP contribution in [0.4, 0.5) is 5.69 Å². The molecule has 0 unspecified atom stereocenters. The number of nitrogens with one attached hydrogen (secondary N) is 1. The van der Waals surface area contributed by atoms with E-state index >= 15 is 4.79 Å². The number of aromatic amines is 1. The largest absolute Gasteiger partial charge is 0.496 e. The molecule has 1 saturated heterocycles. The Morgan fingerprint density at radius 2 is 1.77 bits per heavy atom. The summed E-state index contributed by atoms with van der Waals surface area (Å²) in [6.45, 7) is 7.69. The van der Waals surface area contributed by atoms with Gasteiger partial charge in [-0.1, -0.05) is 43.6 Å². The number of benzene rings is 2. The number of terminal acetylenes is 1. The van der Waals surface area contributed by atoms with Crippen LogP contribution in [-0.4, -0.2) is 129 Å². The minimum absolute atomic E-state index is 0.0925. The van der Waals surface area contributed by atoms with Gasteiger partial charge in [0, 0.05) is 103 Å². The molecule has 2 fully saturated rings. The third-order valence-corrected chi connectivity index (χ3v) is 15.7. The number of aliphatic hydroxyl groups is 1. The summed E-state index contributed by atoms with van der Waals surface area (Å²) < 4.78 is 29.5. The molecule has 14 heteroatoms. The van der Waals surface area contributed by atoms with Gasteiger partial charge in [-0.25, -0.2) is 9.59 Å². The summed E-state index contributed by atoms with van der Waals surface area (Å²) in [5.41, 5.74) is 0.0928. The first-order valence-electron chi connectivity index (χ1n) is 22.4. The number of H-pyrrole nitrogens is 1. The Bertz CT molecular complexity index is 2660. The van der Waals surface area contributed by atoms with Gasteiger partial charge in [0.05, 0.1) is 40.1 Å². The number of carbonyl (C=O) groups is 4. The molecule has 1 spiro atoms. The van der Waals surface area contributed by atoms with Crippen LogP contribution in [0.1, 0.15) is 74.4 Å². The van der Waals surface area contributed by atoms with Crippen LogP contribution in [0.2, 0.25) is 0 Å². The van der Waals surface area contributed by atoms with Crippen LogP contribution >= 0.6 is 0 Å². The Balaban J connectivity index is 1.40. The fraction of sp³-hybridized carbons (Fsp3) is 0.490. The molecule has 0 radical (unpaired) electrons. The van der Waals surface area contributed by atoms with Crippen molar-refractivity contribution in [2.75, 3.05) is 66.6 Å². The van der Waals surface area contributed by atoms with Crippen molar-refractivity contribution < 1.29 is 48.0 Å². The van der Waals surface area contributed by atoms with E-state index < -0.39 is 57.9 Å². The SMILES string of the molecule is C#Cc1ccc2[nH]c3c(c2c1)C/C(C(=O)OC)=C\N1CC(CC)=C[C@@H](C1)C[C@]3(C(=O)OC)c1cc2c(cc1OC)N(C)[C@H]1[C@@](O)(C(=O)OC)[C@H](OC(C)=O)[C@]3(CC)C=CCN4CC[C@]21[C@@H]43. The zero-order chi connectivity index (χ0) is 46.4. The second-order valence-corrected chi connectivity index (χ2v) is 18.6. The minimum Gasteiger partial charge on any atom is -0.496 e. The highest BCUT2D eigenvalue weighted by molar-refractivity contribution is 5.97. The molecule has 8 atom stereocenters. The van der Waals surface area contributed by atoms with Crippen molar-refractivity contribution in [1.82, 2.24) is 14.8 Å². The number of esters is 4. The van der Waals surface area contributed by atoms with Crippen LogP contribution in [-0.2, 0) is 55.4 Å². The number of fused-ring (bicyclic) bond motifs is 6. The van der Waals surface area contributed by atoms with Crippen molar-refractivity contribution in [3.05, 3.63) is 93.9 Å². The molecule has 0 amide bonds. The summed E-state index contributed by atoms with van der Waals surface area (Å²) in [7, 11) is 7.38. The average Bonchev–Trinajstić information content (AvgIpc) is 3.97. The van der Waals surface area contributed by atoms with Crippen LogP contribution in [0.15, 0.2) is 65.9 Å². The Kier molecular flexibility index (Phi) is 10.8. The fourth-order valence-corrected chi connectivity index (χ4v) is 13.4. The Morgan fingerprint density at radius 3 is 2.43 bits per heavy atom. The van der Waals surface area contributed by atoms with Gasteiger partial charge in [0.2, 0.25) is 5.60 Å². The monoisotopic (exact) mass is 886 g/mol. The highest BCUT2D eigenvalue weighted by atomic mass is 16.6. The Morgan fingerprint density at radius 1 is 1.00 bits per heavy atom. The van der Waals surface area contributed by atoms with E-state index in [0.29, 0.717) is 83.9 Å². The number of methoxy groups -OCH3 is 4. The standard InChI is InChI=1S/C51H58N4O10/c1-10-30-14-15-38-34(21-30)35-22-33(42(57)62-7)28-54-26-31(11-2)20-32(27-54)25-50(41(35)52-38,46(58)63-8)37-23-36-39(24-40(37)61-6)53(5)44-49(36)17-19-55-18-13-16-48(12-3,43(49)55)45(65-29(4)56)51(44,60)47(59)64-9/h1,13-16,20-21,23-24,28,32,43-45,52,60H,11-12,17-19,22,25-27H2,2-9H3/b33-28+/t32-,43+,44-,45-,48-,49-,50+,51+/m1/s1. The van der Waals surface area contributed by atoms with Gasteiger partial charge < -0.3 is 43.6 Å². The van der Waals surface area contributed by atoms with E-state index in [1.807, 2.05) is 67.6 Å². The van der Waals surface area contributed by atoms with Crippen LogP contribution in [0.3, 0.4) is 0 Å². The van der Waals surface area contributed by atoms with Crippen molar-refractivity contribution in [3.63, 3.8) is 0 Å². The van der Waals surface area contributed by atoms with Gasteiger partial charge >= 0.3 is 23.9 Å². The van der Waals surface area contributed by atoms with Gasteiger partial charge in [0.25, 0.3) is 0 Å². The van der Waals surface area contributed by atoms with E-state index in [1.165, 1.54) is 28.3 Å². The zero-order valence-electron chi connectivity index (χ0n) is 38.4. The predicted molar refractivity (Wildman–Crippen MR) is 242 cm³/mol. The minimum atomic E-state index is -2.36. The van der Waals surface area contributed by atoms with Crippen molar-refractivity contribution in [2.24, 2.45) is 11.3 Å². The maximum absolute atomic E-state index is 15.6. The maximum Gasteiger partial charge on any atom is 0.344 e. The smallest absolute Gasteiger partial charge is 0.344 e. The summed E-state index contributed by atoms with van der Waals surface area (Å²) in [6, 6.07) is 8.21. The van der Waals surface area contributed by atoms with Crippen LogP contribution < -0.4 is 9.64 Å². The number of anilines is 1. The van der Waals surface area contributed by atoms with E-state index in [4.69, 9.17) is 30.1 Å². The highest BCUT2D eigenvalue weighted by Gasteiger charge is 2.80.